The van der Waals surface area contributed by atoms with Crippen LogP contribution in [0.15, 0.2) is 21.7 Å². The molecule has 10 heteroatoms. The van der Waals surface area contributed by atoms with Crippen LogP contribution < -0.4 is 0 Å². The summed E-state index contributed by atoms with van der Waals surface area (Å²) in [4.78, 5) is 20.2. The predicted molar refractivity (Wildman–Crippen MR) is 87.4 cm³/mol. The molecule has 0 saturated carbocycles. The number of alkyl halides is 2. The van der Waals surface area contributed by atoms with Crippen molar-refractivity contribution in [3.05, 3.63) is 28.2 Å². The van der Waals surface area contributed by atoms with Gasteiger partial charge in [0.25, 0.3) is 6.43 Å². The summed E-state index contributed by atoms with van der Waals surface area (Å²) < 4.78 is 47.4. The van der Waals surface area contributed by atoms with Gasteiger partial charge in [-0.3, -0.25) is 4.90 Å². The normalized spacial score (nSPS) is 21.2. The Kier molecular flexibility index (Phi) is 5.43. The van der Waals surface area contributed by atoms with Gasteiger partial charge in [0.2, 0.25) is 0 Å². The van der Waals surface area contributed by atoms with Crippen LogP contribution in [-0.2, 0) is 10.3 Å². The Bertz CT molecular complexity index is 709. The van der Waals surface area contributed by atoms with Gasteiger partial charge >= 0.3 is 6.09 Å². The van der Waals surface area contributed by atoms with Crippen molar-refractivity contribution >= 4 is 27.9 Å². The molecule has 0 bridgehead atoms. The molecule has 1 atom stereocenters. The summed E-state index contributed by atoms with van der Waals surface area (Å²) >= 11 is 3.02. The number of hydrogen-bond acceptors (Lipinski definition) is 4. The number of hydrogen-bond donors (Lipinski definition) is 1. The summed E-state index contributed by atoms with van der Waals surface area (Å²) in [6.45, 7) is 3.85. The Hall–Kier alpha value is -1.68. The van der Waals surface area contributed by atoms with Gasteiger partial charge < -0.3 is 9.84 Å². The number of amides is 1. The van der Waals surface area contributed by atoms with Gasteiger partial charge in [0.05, 0.1) is 6.61 Å². The molecule has 2 rings (SSSR count). The molecule has 0 unspecified atom stereocenters. The van der Waals surface area contributed by atoms with Gasteiger partial charge in [0, 0.05) is 5.54 Å². The van der Waals surface area contributed by atoms with Crippen molar-refractivity contribution in [2.24, 2.45) is 4.99 Å². The molecule has 0 aromatic carbocycles. The van der Waals surface area contributed by atoms with E-state index in [4.69, 9.17) is 4.74 Å². The van der Waals surface area contributed by atoms with Crippen molar-refractivity contribution in [3.63, 3.8) is 0 Å². The second kappa shape index (κ2) is 6.91. The smallest absolute Gasteiger partial charge is 0.413 e. The first kappa shape index (κ1) is 19.6. The summed E-state index contributed by atoms with van der Waals surface area (Å²) in [5, 5.41) is 9.44. The first-order valence-corrected chi connectivity index (χ1v) is 8.08. The molecule has 1 N–H and O–H groups in total. The van der Waals surface area contributed by atoms with E-state index < -0.39 is 41.7 Å². The molecule has 0 saturated heterocycles. The van der Waals surface area contributed by atoms with Crippen molar-refractivity contribution in [2.75, 3.05) is 13.2 Å². The van der Waals surface area contributed by atoms with E-state index >= 15 is 0 Å². The first-order valence-electron chi connectivity index (χ1n) is 7.29. The van der Waals surface area contributed by atoms with Crippen LogP contribution in [0, 0.1) is 5.82 Å². The molecular weight excluding hydrogens is 407 g/mol. The van der Waals surface area contributed by atoms with E-state index in [9.17, 15) is 23.1 Å². The number of carboxylic acid groups (broad SMARTS) is 1. The Morgan fingerprint density at radius 2 is 2.08 bits per heavy atom. The van der Waals surface area contributed by atoms with Gasteiger partial charge in [0.1, 0.15) is 28.6 Å². The number of ether oxygens (including phenoxy) is 1. The standard InChI is InChI=1S/C15H17BrF3N3O3/c1-14(2,3)22(13(23)24)10-6-25-7-15(21-10,12(18)19)11-8(17)4-5-9(16)20-11/h4-5,12H,6-7H2,1-3H3,(H,23,24)/t15-/m0/s1. The van der Waals surface area contributed by atoms with E-state index in [0.717, 1.165) is 11.0 Å². The molecule has 0 aliphatic carbocycles. The lowest BCUT2D eigenvalue weighted by Crippen LogP contribution is -2.55. The monoisotopic (exact) mass is 423 g/mol. The number of halogens is 4. The Balaban J connectivity index is 2.66. The number of rotatable bonds is 2. The first-order chi connectivity index (χ1) is 11.5. The number of carbonyl (C=O) groups is 1. The summed E-state index contributed by atoms with van der Waals surface area (Å²) in [5.41, 5.74) is -3.99. The van der Waals surface area contributed by atoms with Crippen LogP contribution in [-0.4, -0.2) is 52.1 Å². The fourth-order valence-corrected chi connectivity index (χ4v) is 2.86. The third-order valence-electron chi connectivity index (χ3n) is 3.59. The maximum absolute atomic E-state index is 14.2. The third-order valence-corrected chi connectivity index (χ3v) is 4.03. The highest BCUT2D eigenvalue weighted by Crippen LogP contribution is 2.37. The molecule has 1 aliphatic heterocycles. The average Bonchev–Trinajstić information content (AvgIpc) is 2.47. The lowest BCUT2D eigenvalue weighted by molar-refractivity contribution is -0.0214. The predicted octanol–water partition coefficient (Wildman–Crippen LogP) is 3.65. The zero-order valence-electron chi connectivity index (χ0n) is 13.8. The van der Waals surface area contributed by atoms with Crippen LogP contribution in [0.3, 0.4) is 0 Å². The van der Waals surface area contributed by atoms with Crippen LogP contribution in [0.1, 0.15) is 26.5 Å². The van der Waals surface area contributed by atoms with E-state index in [1.165, 1.54) is 6.07 Å². The van der Waals surface area contributed by atoms with E-state index in [0.29, 0.717) is 0 Å². The van der Waals surface area contributed by atoms with Crippen LogP contribution in [0.5, 0.6) is 0 Å². The minimum atomic E-state index is -3.16. The molecule has 0 spiro atoms. The topological polar surface area (TPSA) is 75.0 Å². The minimum Gasteiger partial charge on any atom is -0.465 e. The number of pyridine rings is 1. The zero-order valence-corrected chi connectivity index (χ0v) is 15.3. The Labute approximate surface area is 150 Å². The lowest BCUT2D eigenvalue weighted by atomic mass is 9.95. The molecule has 1 amide bonds. The number of nitrogens with zero attached hydrogens (tertiary/aromatic N) is 3. The van der Waals surface area contributed by atoms with Crippen LogP contribution >= 0.6 is 15.9 Å². The molecule has 0 radical (unpaired) electrons. The maximum atomic E-state index is 14.2. The fourth-order valence-electron chi connectivity index (χ4n) is 2.55. The van der Waals surface area contributed by atoms with E-state index in [1.807, 2.05) is 0 Å². The average molecular weight is 424 g/mol. The van der Waals surface area contributed by atoms with Crippen molar-refractivity contribution in [2.45, 2.75) is 38.3 Å². The summed E-state index contributed by atoms with van der Waals surface area (Å²) in [6.07, 6.45) is -4.53. The molecular formula is C15H17BrF3N3O3. The van der Waals surface area contributed by atoms with Gasteiger partial charge in [-0.2, -0.15) is 0 Å². The van der Waals surface area contributed by atoms with E-state index in [-0.39, 0.29) is 17.0 Å². The molecule has 2 heterocycles. The molecule has 6 nitrogen and oxygen atoms in total. The largest absolute Gasteiger partial charge is 0.465 e. The second-order valence-corrected chi connectivity index (χ2v) is 7.31. The second-order valence-electron chi connectivity index (χ2n) is 6.50. The number of aliphatic imine (C=N–C) groups is 1. The van der Waals surface area contributed by atoms with Gasteiger partial charge in [-0.15, -0.1) is 0 Å². The maximum Gasteiger partial charge on any atom is 0.413 e. The number of aromatic nitrogens is 1. The van der Waals surface area contributed by atoms with Gasteiger partial charge in [-0.1, -0.05) is 0 Å². The minimum absolute atomic E-state index is 0.150. The highest BCUT2D eigenvalue weighted by molar-refractivity contribution is 9.10. The fraction of sp³-hybridized carbons (Fsp3) is 0.533. The van der Waals surface area contributed by atoms with Crippen molar-refractivity contribution in [1.29, 1.82) is 0 Å². The Morgan fingerprint density at radius 3 is 2.60 bits per heavy atom. The van der Waals surface area contributed by atoms with Crippen LogP contribution in [0.4, 0.5) is 18.0 Å². The Morgan fingerprint density at radius 1 is 1.44 bits per heavy atom. The molecule has 0 fully saturated rings. The number of amidine groups is 1. The molecule has 138 valence electrons. The molecule has 1 aliphatic rings. The SMILES string of the molecule is CC(C)(C)N(C(=O)O)C1=N[C@@](c2nc(Br)ccc2F)(C(F)F)COC1. The summed E-state index contributed by atoms with van der Waals surface area (Å²) in [6, 6.07) is 2.25. The van der Waals surface area contributed by atoms with Gasteiger partial charge in [-0.25, -0.2) is 27.9 Å². The summed E-state index contributed by atoms with van der Waals surface area (Å²) in [5.74, 6) is -1.21. The van der Waals surface area contributed by atoms with Crippen LogP contribution in [0.2, 0.25) is 0 Å². The zero-order chi connectivity index (χ0) is 19.0. The van der Waals surface area contributed by atoms with Gasteiger partial charge in [-0.05, 0) is 48.8 Å². The van der Waals surface area contributed by atoms with Crippen molar-refractivity contribution in [3.8, 4) is 0 Å². The van der Waals surface area contributed by atoms with Gasteiger partial charge in [0.15, 0.2) is 5.54 Å². The lowest BCUT2D eigenvalue weighted by Gasteiger charge is -2.39. The van der Waals surface area contributed by atoms with Crippen LogP contribution in [0.25, 0.3) is 0 Å². The molecule has 25 heavy (non-hydrogen) atoms. The van der Waals surface area contributed by atoms with Crippen molar-refractivity contribution < 1.29 is 27.8 Å². The molecule has 1 aromatic rings. The van der Waals surface area contributed by atoms with E-state index in [1.54, 1.807) is 20.8 Å². The molecule has 1 aromatic heterocycles. The quantitative estimate of drug-likeness (QED) is 0.736. The highest BCUT2D eigenvalue weighted by atomic mass is 79.9. The highest BCUT2D eigenvalue weighted by Gasteiger charge is 2.49. The van der Waals surface area contributed by atoms with E-state index in [2.05, 4.69) is 25.9 Å². The van der Waals surface area contributed by atoms with Crippen molar-refractivity contribution in [1.82, 2.24) is 9.88 Å². The third kappa shape index (κ3) is 3.79. The summed E-state index contributed by atoms with van der Waals surface area (Å²) in [7, 11) is 0.